The zero-order chi connectivity index (χ0) is 17.6. The predicted molar refractivity (Wildman–Crippen MR) is 85.8 cm³/mol. The van der Waals surface area contributed by atoms with Gasteiger partial charge < -0.3 is 18.9 Å². The SMILES string of the molecule is CCCC(=O)c1c(CC(=O)OC)c(OC)c(OC)c(C)c1OC. The number of esters is 1. The number of ketones is 1. The van der Waals surface area contributed by atoms with E-state index < -0.39 is 5.97 Å². The van der Waals surface area contributed by atoms with Crippen LogP contribution in [0.2, 0.25) is 0 Å². The molecular formula is C17H24O6. The number of carbonyl (C=O) groups is 2. The third kappa shape index (κ3) is 3.75. The number of Topliss-reactive ketones (excluding diaryl/α,β-unsaturated/α-hetero) is 1. The Labute approximate surface area is 136 Å². The van der Waals surface area contributed by atoms with Gasteiger partial charge in [-0.3, -0.25) is 9.59 Å². The fourth-order valence-corrected chi connectivity index (χ4v) is 2.60. The van der Waals surface area contributed by atoms with Crippen molar-refractivity contribution in [1.82, 2.24) is 0 Å². The van der Waals surface area contributed by atoms with Gasteiger partial charge in [-0.2, -0.15) is 0 Å². The summed E-state index contributed by atoms with van der Waals surface area (Å²) in [5.74, 6) is 0.626. The molecule has 0 amide bonds. The molecule has 128 valence electrons. The second-order valence-corrected chi connectivity index (χ2v) is 5.00. The van der Waals surface area contributed by atoms with Gasteiger partial charge in [-0.05, 0) is 13.3 Å². The third-order valence-corrected chi connectivity index (χ3v) is 3.61. The Bertz CT molecular complexity index is 591. The van der Waals surface area contributed by atoms with Crippen LogP contribution in [0, 0.1) is 6.92 Å². The fourth-order valence-electron chi connectivity index (χ4n) is 2.60. The molecule has 1 aromatic rings. The van der Waals surface area contributed by atoms with Crippen LogP contribution in [-0.2, 0) is 16.0 Å². The highest BCUT2D eigenvalue weighted by molar-refractivity contribution is 6.02. The topological polar surface area (TPSA) is 71.1 Å². The van der Waals surface area contributed by atoms with E-state index in [1.165, 1.54) is 28.4 Å². The lowest BCUT2D eigenvalue weighted by molar-refractivity contribution is -0.139. The lowest BCUT2D eigenvalue weighted by Gasteiger charge is -2.21. The van der Waals surface area contributed by atoms with Gasteiger partial charge in [0.2, 0.25) is 0 Å². The molecule has 0 heterocycles. The van der Waals surface area contributed by atoms with Crippen LogP contribution in [0.3, 0.4) is 0 Å². The van der Waals surface area contributed by atoms with Gasteiger partial charge in [0.15, 0.2) is 17.3 Å². The summed E-state index contributed by atoms with van der Waals surface area (Å²) in [5, 5.41) is 0. The van der Waals surface area contributed by atoms with Gasteiger partial charge in [-0.25, -0.2) is 0 Å². The summed E-state index contributed by atoms with van der Waals surface area (Å²) in [7, 11) is 5.75. The molecule has 1 aromatic carbocycles. The maximum Gasteiger partial charge on any atom is 0.310 e. The average Bonchev–Trinajstić information content (AvgIpc) is 2.54. The van der Waals surface area contributed by atoms with Crippen LogP contribution < -0.4 is 14.2 Å². The molecule has 1 rings (SSSR count). The van der Waals surface area contributed by atoms with Crippen molar-refractivity contribution in [2.24, 2.45) is 0 Å². The summed E-state index contributed by atoms with van der Waals surface area (Å²) in [4.78, 5) is 24.4. The number of hydrogen-bond donors (Lipinski definition) is 0. The molecule has 0 saturated heterocycles. The highest BCUT2D eigenvalue weighted by Gasteiger charge is 2.29. The molecule has 0 aliphatic heterocycles. The van der Waals surface area contributed by atoms with Crippen molar-refractivity contribution in [3.05, 3.63) is 16.7 Å². The number of rotatable bonds is 8. The van der Waals surface area contributed by atoms with E-state index in [4.69, 9.17) is 18.9 Å². The van der Waals surface area contributed by atoms with Crippen molar-refractivity contribution in [3.8, 4) is 17.2 Å². The van der Waals surface area contributed by atoms with Gasteiger partial charge in [0.1, 0.15) is 5.75 Å². The van der Waals surface area contributed by atoms with Crippen LogP contribution in [0.4, 0.5) is 0 Å². The monoisotopic (exact) mass is 324 g/mol. The highest BCUT2D eigenvalue weighted by Crippen LogP contribution is 2.44. The summed E-state index contributed by atoms with van der Waals surface area (Å²) in [5.41, 5.74) is 1.44. The smallest absolute Gasteiger partial charge is 0.310 e. The van der Waals surface area contributed by atoms with E-state index in [0.29, 0.717) is 46.8 Å². The lowest BCUT2D eigenvalue weighted by atomic mass is 9.93. The van der Waals surface area contributed by atoms with Crippen molar-refractivity contribution in [2.75, 3.05) is 28.4 Å². The maximum atomic E-state index is 12.6. The molecule has 0 bridgehead atoms. The van der Waals surface area contributed by atoms with Crippen LogP contribution in [-0.4, -0.2) is 40.2 Å². The summed E-state index contributed by atoms with van der Waals surface area (Å²) in [6, 6.07) is 0. The third-order valence-electron chi connectivity index (χ3n) is 3.61. The minimum atomic E-state index is -0.471. The first-order chi connectivity index (χ1) is 11.0. The Kier molecular flexibility index (Phi) is 6.88. The van der Waals surface area contributed by atoms with Crippen LogP contribution in [0.5, 0.6) is 17.2 Å². The zero-order valence-electron chi connectivity index (χ0n) is 14.6. The van der Waals surface area contributed by atoms with E-state index in [-0.39, 0.29) is 12.2 Å². The van der Waals surface area contributed by atoms with E-state index in [1.54, 1.807) is 6.92 Å². The van der Waals surface area contributed by atoms with Crippen molar-refractivity contribution < 1.29 is 28.5 Å². The molecule has 0 aliphatic rings. The van der Waals surface area contributed by atoms with Gasteiger partial charge in [0, 0.05) is 17.5 Å². The number of hydrogen-bond acceptors (Lipinski definition) is 6. The van der Waals surface area contributed by atoms with Crippen LogP contribution in [0.25, 0.3) is 0 Å². The van der Waals surface area contributed by atoms with Crippen molar-refractivity contribution in [2.45, 2.75) is 33.1 Å². The number of methoxy groups -OCH3 is 4. The quantitative estimate of drug-likeness (QED) is 0.541. The standard InChI is InChI=1S/C17H24O6/c1-7-8-12(18)14-11(9-13(19)20-3)17(23-6)16(22-5)10(2)15(14)21-4/h7-9H2,1-6H3. The van der Waals surface area contributed by atoms with Gasteiger partial charge in [0.25, 0.3) is 0 Å². The Balaban J connectivity index is 3.75. The summed E-state index contributed by atoms with van der Waals surface area (Å²) in [6.07, 6.45) is 0.934. The molecular weight excluding hydrogens is 300 g/mol. The average molecular weight is 324 g/mol. The molecule has 0 unspecified atom stereocenters. The molecule has 0 atom stereocenters. The molecule has 6 nitrogen and oxygen atoms in total. The van der Waals surface area contributed by atoms with Gasteiger partial charge in [-0.1, -0.05) is 6.92 Å². The second-order valence-electron chi connectivity index (χ2n) is 5.00. The molecule has 0 aromatic heterocycles. The Morgan fingerprint density at radius 3 is 1.91 bits per heavy atom. The number of carbonyl (C=O) groups excluding carboxylic acids is 2. The minimum Gasteiger partial charge on any atom is -0.496 e. The first-order valence-corrected chi connectivity index (χ1v) is 7.38. The van der Waals surface area contributed by atoms with Gasteiger partial charge in [0.05, 0.1) is 40.4 Å². The van der Waals surface area contributed by atoms with E-state index in [9.17, 15) is 9.59 Å². The highest BCUT2D eigenvalue weighted by atomic mass is 16.5. The van der Waals surface area contributed by atoms with E-state index in [1.807, 2.05) is 6.92 Å². The lowest BCUT2D eigenvalue weighted by Crippen LogP contribution is -2.15. The zero-order valence-corrected chi connectivity index (χ0v) is 14.6. The molecule has 0 radical (unpaired) electrons. The summed E-state index contributed by atoms with van der Waals surface area (Å²) in [6.45, 7) is 3.70. The largest absolute Gasteiger partial charge is 0.496 e. The molecule has 0 saturated carbocycles. The van der Waals surface area contributed by atoms with Crippen molar-refractivity contribution >= 4 is 11.8 Å². The Morgan fingerprint density at radius 2 is 1.48 bits per heavy atom. The first kappa shape index (κ1) is 18.8. The first-order valence-electron chi connectivity index (χ1n) is 7.38. The van der Waals surface area contributed by atoms with E-state index in [2.05, 4.69) is 0 Å². The normalized spacial score (nSPS) is 10.2. The second kappa shape index (κ2) is 8.41. The summed E-state index contributed by atoms with van der Waals surface area (Å²) < 4.78 is 21.0. The van der Waals surface area contributed by atoms with Crippen LogP contribution in [0.1, 0.15) is 41.3 Å². The van der Waals surface area contributed by atoms with Crippen LogP contribution >= 0.6 is 0 Å². The number of ether oxygens (including phenoxy) is 4. The minimum absolute atomic E-state index is 0.0997. The molecule has 0 spiro atoms. The Morgan fingerprint density at radius 1 is 0.913 bits per heavy atom. The van der Waals surface area contributed by atoms with Crippen LogP contribution in [0.15, 0.2) is 0 Å². The van der Waals surface area contributed by atoms with Gasteiger partial charge >= 0.3 is 5.97 Å². The predicted octanol–water partition coefficient (Wildman–Crippen LogP) is 2.72. The molecule has 6 heteroatoms. The summed E-state index contributed by atoms with van der Waals surface area (Å²) >= 11 is 0. The van der Waals surface area contributed by atoms with Crippen molar-refractivity contribution in [1.29, 1.82) is 0 Å². The van der Waals surface area contributed by atoms with Gasteiger partial charge in [-0.15, -0.1) is 0 Å². The number of benzene rings is 1. The molecule has 0 N–H and O–H groups in total. The Hall–Kier alpha value is -2.24. The molecule has 23 heavy (non-hydrogen) atoms. The van der Waals surface area contributed by atoms with Crippen molar-refractivity contribution in [3.63, 3.8) is 0 Å². The molecule has 0 fully saturated rings. The fraction of sp³-hybridized carbons (Fsp3) is 0.529. The molecule has 0 aliphatic carbocycles. The van der Waals surface area contributed by atoms with E-state index in [0.717, 1.165) is 0 Å². The van der Waals surface area contributed by atoms with E-state index >= 15 is 0 Å². The maximum absolute atomic E-state index is 12.6.